The summed E-state index contributed by atoms with van der Waals surface area (Å²) < 4.78 is 10.2. The van der Waals surface area contributed by atoms with Crippen molar-refractivity contribution >= 4 is 23.2 Å². The van der Waals surface area contributed by atoms with Gasteiger partial charge in [0.2, 0.25) is 0 Å². The predicted octanol–water partition coefficient (Wildman–Crippen LogP) is 2.11. The quantitative estimate of drug-likeness (QED) is 0.749. The van der Waals surface area contributed by atoms with E-state index >= 15 is 0 Å². The van der Waals surface area contributed by atoms with Crippen LogP contribution in [0.25, 0.3) is 0 Å². The second-order valence-electron chi connectivity index (χ2n) is 7.44. The van der Waals surface area contributed by atoms with Gasteiger partial charge in [0.05, 0.1) is 37.8 Å². The van der Waals surface area contributed by atoms with Gasteiger partial charge in [-0.3, -0.25) is 14.8 Å². The number of carbonyl (C=O) groups excluding carboxylic acids is 2. The SMILES string of the molecule is COC(=O)c1sccc1CN1CCCC(c2[nH]ncc2C(=O)N2CCOCC2)C1. The fraction of sp³-hybridized carbons (Fsp3) is 0.550. The number of carbonyl (C=O) groups is 2. The van der Waals surface area contributed by atoms with Crippen LogP contribution in [0.2, 0.25) is 0 Å². The summed E-state index contributed by atoms with van der Waals surface area (Å²) in [5.74, 6) is -0.0399. The van der Waals surface area contributed by atoms with Crippen molar-refractivity contribution in [1.82, 2.24) is 20.0 Å². The zero-order valence-electron chi connectivity index (χ0n) is 16.6. The minimum absolute atomic E-state index is 0.0278. The number of hydrogen-bond acceptors (Lipinski definition) is 7. The van der Waals surface area contributed by atoms with Crippen LogP contribution in [0.15, 0.2) is 17.6 Å². The van der Waals surface area contributed by atoms with Crippen molar-refractivity contribution in [3.05, 3.63) is 39.3 Å². The molecule has 2 aliphatic rings. The third kappa shape index (κ3) is 4.36. The first-order valence-electron chi connectivity index (χ1n) is 9.94. The lowest BCUT2D eigenvalue weighted by Crippen LogP contribution is -2.41. The molecule has 0 spiro atoms. The summed E-state index contributed by atoms with van der Waals surface area (Å²) in [7, 11) is 1.41. The summed E-state index contributed by atoms with van der Waals surface area (Å²) in [5, 5.41) is 9.19. The molecule has 2 fully saturated rings. The van der Waals surface area contributed by atoms with Gasteiger partial charge >= 0.3 is 5.97 Å². The molecular weight excluding hydrogens is 392 g/mol. The van der Waals surface area contributed by atoms with Gasteiger partial charge in [0.25, 0.3) is 5.91 Å². The minimum atomic E-state index is -0.282. The number of rotatable bonds is 5. The van der Waals surface area contributed by atoms with Gasteiger partial charge in [-0.2, -0.15) is 5.10 Å². The highest BCUT2D eigenvalue weighted by Crippen LogP contribution is 2.30. The third-order valence-electron chi connectivity index (χ3n) is 5.62. The molecule has 29 heavy (non-hydrogen) atoms. The summed E-state index contributed by atoms with van der Waals surface area (Å²) >= 11 is 1.41. The Morgan fingerprint density at radius 1 is 1.34 bits per heavy atom. The van der Waals surface area contributed by atoms with E-state index in [1.807, 2.05) is 16.3 Å². The number of likely N-dealkylation sites (tertiary alicyclic amines) is 1. The van der Waals surface area contributed by atoms with Gasteiger partial charge in [-0.25, -0.2) is 4.79 Å². The van der Waals surface area contributed by atoms with Gasteiger partial charge in [-0.15, -0.1) is 11.3 Å². The van der Waals surface area contributed by atoms with Crippen LogP contribution in [-0.2, 0) is 16.0 Å². The topological polar surface area (TPSA) is 87.8 Å². The second-order valence-corrected chi connectivity index (χ2v) is 8.36. The Labute approximate surface area is 173 Å². The van der Waals surface area contributed by atoms with E-state index in [-0.39, 0.29) is 17.8 Å². The Morgan fingerprint density at radius 2 is 2.17 bits per heavy atom. The first-order valence-corrected chi connectivity index (χ1v) is 10.8. The molecule has 0 bridgehead atoms. The van der Waals surface area contributed by atoms with E-state index in [0.717, 1.165) is 37.2 Å². The van der Waals surface area contributed by atoms with Crippen molar-refractivity contribution in [1.29, 1.82) is 0 Å². The van der Waals surface area contributed by atoms with Crippen molar-refractivity contribution in [3.63, 3.8) is 0 Å². The van der Waals surface area contributed by atoms with Crippen LogP contribution in [0.4, 0.5) is 0 Å². The molecule has 2 aromatic rings. The van der Waals surface area contributed by atoms with Gasteiger partial charge in [-0.05, 0) is 36.4 Å². The summed E-state index contributed by atoms with van der Waals surface area (Å²) in [5.41, 5.74) is 2.59. The predicted molar refractivity (Wildman–Crippen MR) is 108 cm³/mol. The number of aromatic nitrogens is 2. The molecule has 0 radical (unpaired) electrons. The molecule has 1 atom stereocenters. The number of esters is 1. The highest BCUT2D eigenvalue weighted by Gasteiger charge is 2.30. The number of hydrogen-bond donors (Lipinski definition) is 1. The second kappa shape index (κ2) is 9.06. The Balaban J connectivity index is 1.46. The van der Waals surface area contributed by atoms with Crippen LogP contribution in [-0.4, -0.2) is 78.4 Å². The lowest BCUT2D eigenvalue weighted by atomic mass is 9.92. The van der Waals surface area contributed by atoms with E-state index < -0.39 is 0 Å². The smallest absolute Gasteiger partial charge is 0.348 e. The van der Waals surface area contributed by atoms with Crippen LogP contribution < -0.4 is 0 Å². The van der Waals surface area contributed by atoms with E-state index in [9.17, 15) is 9.59 Å². The number of amides is 1. The molecule has 0 saturated carbocycles. The van der Waals surface area contributed by atoms with Crippen molar-refractivity contribution in [3.8, 4) is 0 Å². The molecule has 9 heteroatoms. The monoisotopic (exact) mass is 418 g/mol. The molecule has 4 heterocycles. The standard InChI is InChI=1S/C20H26N4O4S/c1-27-20(26)18-15(4-10-29-18)13-23-5-2-3-14(12-23)17-16(11-21-22-17)19(25)24-6-8-28-9-7-24/h4,10-11,14H,2-3,5-9,12-13H2,1H3,(H,21,22). The third-order valence-corrected chi connectivity index (χ3v) is 6.56. The number of nitrogens with zero attached hydrogens (tertiary/aromatic N) is 3. The van der Waals surface area contributed by atoms with E-state index in [2.05, 4.69) is 15.1 Å². The highest BCUT2D eigenvalue weighted by molar-refractivity contribution is 7.12. The molecule has 2 aromatic heterocycles. The maximum Gasteiger partial charge on any atom is 0.348 e. The Morgan fingerprint density at radius 3 is 2.97 bits per heavy atom. The number of thiophene rings is 1. The van der Waals surface area contributed by atoms with E-state index in [1.54, 1.807) is 6.20 Å². The van der Waals surface area contributed by atoms with Gasteiger partial charge in [-0.1, -0.05) is 0 Å². The number of aromatic amines is 1. The number of H-pyrrole nitrogens is 1. The molecule has 1 N–H and O–H groups in total. The van der Waals surface area contributed by atoms with Gasteiger partial charge < -0.3 is 14.4 Å². The van der Waals surface area contributed by atoms with Crippen LogP contribution in [0.3, 0.4) is 0 Å². The summed E-state index contributed by atoms with van der Waals surface area (Å²) in [6, 6.07) is 1.99. The van der Waals surface area contributed by atoms with Crippen molar-refractivity contribution in [2.75, 3.05) is 46.5 Å². The molecule has 0 aliphatic carbocycles. The number of nitrogens with one attached hydrogen (secondary N) is 1. The number of piperidine rings is 1. The van der Waals surface area contributed by atoms with E-state index in [4.69, 9.17) is 9.47 Å². The highest BCUT2D eigenvalue weighted by atomic mass is 32.1. The molecule has 0 aromatic carbocycles. The minimum Gasteiger partial charge on any atom is -0.465 e. The zero-order valence-corrected chi connectivity index (χ0v) is 17.4. The average Bonchev–Trinajstić information content (AvgIpc) is 3.43. The van der Waals surface area contributed by atoms with E-state index in [0.29, 0.717) is 43.3 Å². The fourth-order valence-electron chi connectivity index (χ4n) is 4.12. The maximum atomic E-state index is 13.0. The number of morpholine rings is 1. The molecule has 2 saturated heterocycles. The van der Waals surface area contributed by atoms with Crippen LogP contribution >= 0.6 is 11.3 Å². The first-order chi connectivity index (χ1) is 14.2. The van der Waals surface area contributed by atoms with Crippen molar-refractivity contribution in [2.24, 2.45) is 0 Å². The normalized spacial score (nSPS) is 20.6. The summed E-state index contributed by atoms with van der Waals surface area (Å²) in [6.07, 6.45) is 3.70. The molecule has 8 nitrogen and oxygen atoms in total. The maximum absolute atomic E-state index is 13.0. The largest absolute Gasteiger partial charge is 0.465 e. The molecule has 156 valence electrons. The average molecular weight is 419 g/mol. The molecule has 2 aliphatic heterocycles. The summed E-state index contributed by atoms with van der Waals surface area (Å²) in [6.45, 7) is 4.89. The van der Waals surface area contributed by atoms with E-state index in [1.165, 1.54) is 18.4 Å². The van der Waals surface area contributed by atoms with Gasteiger partial charge in [0.15, 0.2) is 0 Å². The Hall–Kier alpha value is -2.23. The lowest BCUT2D eigenvalue weighted by Gasteiger charge is -2.33. The van der Waals surface area contributed by atoms with Crippen LogP contribution in [0.1, 0.15) is 50.0 Å². The molecule has 4 rings (SSSR count). The number of ether oxygens (including phenoxy) is 2. The van der Waals surface area contributed by atoms with Gasteiger partial charge in [0.1, 0.15) is 4.88 Å². The lowest BCUT2D eigenvalue weighted by molar-refractivity contribution is 0.0301. The molecule has 1 unspecified atom stereocenters. The molecular formula is C20H26N4O4S. The van der Waals surface area contributed by atoms with Crippen LogP contribution in [0.5, 0.6) is 0 Å². The summed E-state index contributed by atoms with van der Waals surface area (Å²) in [4.78, 5) is 29.8. The van der Waals surface area contributed by atoms with Crippen molar-refractivity contribution in [2.45, 2.75) is 25.3 Å². The Bertz CT molecular complexity index is 858. The fourth-order valence-corrected chi connectivity index (χ4v) is 4.95. The molecule has 1 amide bonds. The Kier molecular flexibility index (Phi) is 6.27. The number of methoxy groups -OCH3 is 1. The van der Waals surface area contributed by atoms with Crippen molar-refractivity contribution < 1.29 is 19.1 Å². The van der Waals surface area contributed by atoms with Crippen LogP contribution in [0, 0.1) is 0 Å². The zero-order chi connectivity index (χ0) is 20.2. The van der Waals surface area contributed by atoms with Gasteiger partial charge in [0, 0.05) is 32.1 Å². The first kappa shape index (κ1) is 20.1.